The van der Waals surface area contributed by atoms with E-state index in [4.69, 9.17) is 0 Å². The Hall–Kier alpha value is -1.15. The molecular formula is C12H9BrO. The third-order valence-corrected chi connectivity index (χ3v) is 2.72. The highest BCUT2D eigenvalue weighted by Crippen LogP contribution is 2.23. The zero-order chi connectivity index (χ0) is 10.1. The molecule has 0 radical (unpaired) electrons. The van der Waals surface area contributed by atoms with Gasteiger partial charge in [0.05, 0.1) is 0 Å². The first-order valence-electron chi connectivity index (χ1n) is 4.38. The van der Waals surface area contributed by atoms with Gasteiger partial charge in [0.15, 0.2) is 5.78 Å². The summed E-state index contributed by atoms with van der Waals surface area (Å²) in [6.45, 7) is 1.59. The van der Waals surface area contributed by atoms with Crippen LogP contribution >= 0.6 is 15.9 Å². The van der Waals surface area contributed by atoms with Gasteiger partial charge in [-0.15, -0.1) is 0 Å². The molecule has 0 aromatic heterocycles. The summed E-state index contributed by atoms with van der Waals surface area (Å²) in [6, 6.07) is 11.7. The highest BCUT2D eigenvalue weighted by atomic mass is 79.9. The molecule has 0 amide bonds. The van der Waals surface area contributed by atoms with Crippen molar-refractivity contribution < 1.29 is 4.79 Å². The topological polar surface area (TPSA) is 17.1 Å². The lowest BCUT2D eigenvalue weighted by molar-refractivity contribution is 0.101. The summed E-state index contributed by atoms with van der Waals surface area (Å²) < 4.78 is 1.03. The minimum atomic E-state index is 0.109. The first-order valence-corrected chi connectivity index (χ1v) is 5.17. The number of Topliss-reactive ketones (excluding diaryl/α,β-unsaturated/α-hetero) is 1. The highest BCUT2D eigenvalue weighted by Gasteiger charge is 2.04. The molecule has 0 unspecified atom stereocenters. The fourth-order valence-corrected chi connectivity index (χ4v) is 1.94. The van der Waals surface area contributed by atoms with Gasteiger partial charge in [-0.25, -0.2) is 0 Å². The van der Waals surface area contributed by atoms with Gasteiger partial charge in [0.25, 0.3) is 0 Å². The van der Waals surface area contributed by atoms with Gasteiger partial charge in [0, 0.05) is 10.0 Å². The van der Waals surface area contributed by atoms with Crippen molar-refractivity contribution in [2.24, 2.45) is 0 Å². The summed E-state index contributed by atoms with van der Waals surface area (Å²) in [4.78, 5) is 11.3. The van der Waals surface area contributed by atoms with Crippen LogP contribution in [-0.4, -0.2) is 5.78 Å². The number of halogens is 1. The van der Waals surface area contributed by atoms with Gasteiger partial charge in [0.2, 0.25) is 0 Å². The van der Waals surface area contributed by atoms with Gasteiger partial charge in [-0.1, -0.05) is 40.2 Å². The molecular weight excluding hydrogens is 240 g/mol. The van der Waals surface area contributed by atoms with Crippen molar-refractivity contribution in [3.05, 3.63) is 46.4 Å². The van der Waals surface area contributed by atoms with Crippen LogP contribution in [0.3, 0.4) is 0 Å². The van der Waals surface area contributed by atoms with Crippen LogP contribution in [0.1, 0.15) is 17.3 Å². The van der Waals surface area contributed by atoms with Crippen LogP contribution in [0.4, 0.5) is 0 Å². The van der Waals surface area contributed by atoms with E-state index in [9.17, 15) is 4.79 Å². The molecule has 0 spiro atoms. The minimum Gasteiger partial charge on any atom is -0.294 e. The van der Waals surface area contributed by atoms with Crippen LogP contribution in [-0.2, 0) is 0 Å². The van der Waals surface area contributed by atoms with Crippen LogP contribution in [0.2, 0.25) is 0 Å². The first kappa shape index (κ1) is 9.41. The molecule has 0 atom stereocenters. The molecule has 0 saturated carbocycles. The number of rotatable bonds is 1. The van der Waals surface area contributed by atoms with Gasteiger partial charge in [-0.3, -0.25) is 4.79 Å². The lowest BCUT2D eigenvalue weighted by atomic mass is 10.0. The second-order valence-corrected chi connectivity index (χ2v) is 4.14. The van der Waals surface area contributed by atoms with E-state index in [0.717, 1.165) is 20.8 Å². The van der Waals surface area contributed by atoms with Gasteiger partial charge < -0.3 is 0 Å². The summed E-state index contributed by atoms with van der Waals surface area (Å²) in [5.41, 5.74) is 0.787. The molecule has 0 fully saturated rings. The largest absolute Gasteiger partial charge is 0.294 e. The zero-order valence-corrected chi connectivity index (χ0v) is 9.34. The number of hydrogen-bond donors (Lipinski definition) is 0. The molecule has 0 aliphatic carbocycles. The molecule has 2 heteroatoms. The van der Waals surface area contributed by atoms with E-state index in [1.165, 1.54) is 0 Å². The van der Waals surface area contributed by atoms with Gasteiger partial charge >= 0.3 is 0 Å². The Labute approximate surface area is 90.9 Å². The van der Waals surface area contributed by atoms with Crippen molar-refractivity contribution >= 4 is 32.5 Å². The Morgan fingerprint density at radius 2 is 2.00 bits per heavy atom. The summed E-state index contributed by atoms with van der Waals surface area (Å²) in [5, 5.41) is 2.11. The Morgan fingerprint density at radius 3 is 2.71 bits per heavy atom. The van der Waals surface area contributed by atoms with Crippen molar-refractivity contribution in [3.63, 3.8) is 0 Å². The maximum Gasteiger partial charge on any atom is 0.160 e. The molecule has 0 aliphatic rings. The summed E-state index contributed by atoms with van der Waals surface area (Å²) in [6.07, 6.45) is 0. The maximum atomic E-state index is 11.3. The fourth-order valence-electron chi connectivity index (χ4n) is 1.56. The molecule has 2 aromatic carbocycles. The number of ketones is 1. The molecule has 70 valence electrons. The average molecular weight is 249 g/mol. The van der Waals surface area contributed by atoms with Gasteiger partial charge in [-0.2, -0.15) is 0 Å². The third-order valence-electron chi connectivity index (χ3n) is 2.22. The Bertz CT molecular complexity index is 503. The maximum absolute atomic E-state index is 11.3. The van der Waals surface area contributed by atoms with Gasteiger partial charge in [-0.05, 0) is 29.8 Å². The van der Waals surface area contributed by atoms with E-state index in [1.807, 2.05) is 36.4 Å². The Kier molecular flexibility index (Phi) is 2.38. The predicted molar refractivity (Wildman–Crippen MR) is 61.7 cm³/mol. The van der Waals surface area contributed by atoms with E-state index in [2.05, 4.69) is 15.9 Å². The Morgan fingerprint density at radius 1 is 1.21 bits per heavy atom. The predicted octanol–water partition coefficient (Wildman–Crippen LogP) is 3.80. The standard InChI is InChI=1S/C12H9BrO/c1-8(14)11-4-2-3-9-7-10(13)5-6-12(9)11/h2-7H,1H3. The number of benzene rings is 2. The van der Waals surface area contributed by atoms with E-state index in [-0.39, 0.29) is 5.78 Å². The molecule has 2 aromatic rings. The number of carbonyl (C=O) groups excluding carboxylic acids is 1. The normalized spacial score (nSPS) is 10.4. The first-order chi connectivity index (χ1) is 6.68. The monoisotopic (exact) mass is 248 g/mol. The van der Waals surface area contributed by atoms with Crippen LogP contribution in [0.25, 0.3) is 10.8 Å². The molecule has 0 bridgehead atoms. The molecule has 0 saturated heterocycles. The minimum absolute atomic E-state index is 0.109. The quantitative estimate of drug-likeness (QED) is 0.702. The smallest absolute Gasteiger partial charge is 0.160 e. The lowest BCUT2D eigenvalue weighted by Gasteiger charge is -2.03. The van der Waals surface area contributed by atoms with Crippen LogP contribution in [0.15, 0.2) is 40.9 Å². The molecule has 0 heterocycles. The molecule has 0 N–H and O–H groups in total. The molecule has 1 nitrogen and oxygen atoms in total. The molecule has 2 rings (SSSR count). The zero-order valence-electron chi connectivity index (χ0n) is 7.75. The number of carbonyl (C=O) groups is 1. The van der Waals surface area contributed by atoms with Crippen molar-refractivity contribution in [3.8, 4) is 0 Å². The Balaban J connectivity index is 2.81. The van der Waals surface area contributed by atoms with Crippen molar-refractivity contribution in [2.75, 3.05) is 0 Å². The van der Waals surface area contributed by atoms with Crippen molar-refractivity contribution in [1.29, 1.82) is 0 Å². The van der Waals surface area contributed by atoms with Crippen molar-refractivity contribution in [1.82, 2.24) is 0 Å². The van der Waals surface area contributed by atoms with Crippen LogP contribution in [0, 0.1) is 0 Å². The van der Waals surface area contributed by atoms with E-state index >= 15 is 0 Å². The molecule has 0 aliphatic heterocycles. The van der Waals surface area contributed by atoms with E-state index < -0.39 is 0 Å². The second kappa shape index (κ2) is 3.54. The summed E-state index contributed by atoms with van der Waals surface area (Å²) in [7, 11) is 0. The van der Waals surface area contributed by atoms with E-state index in [1.54, 1.807) is 6.92 Å². The summed E-state index contributed by atoms with van der Waals surface area (Å²) in [5.74, 6) is 0.109. The van der Waals surface area contributed by atoms with Crippen LogP contribution in [0.5, 0.6) is 0 Å². The highest BCUT2D eigenvalue weighted by molar-refractivity contribution is 9.10. The van der Waals surface area contributed by atoms with E-state index in [0.29, 0.717) is 0 Å². The SMILES string of the molecule is CC(=O)c1cccc2cc(Br)ccc12. The number of hydrogen-bond acceptors (Lipinski definition) is 1. The average Bonchev–Trinajstić information content (AvgIpc) is 2.16. The third kappa shape index (κ3) is 1.58. The second-order valence-electron chi connectivity index (χ2n) is 3.23. The van der Waals surface area contributed by atoms with Crippen LogP contribution < -0.4 is 0 Å². The van der Waals surface area contributed by atoms with Crippen molar-refractivity contribution in [2.45, 2.75) is 6.92 Å². The summed E-state index contributed by atoms with van der Waals surface area (Å²) >= 11 is 3.41. The van der Waals surface area contributed by atoms with Gasteiger partial charge in [0.1, 0.15) is 0 Å². The lowest BCUT2D eigenvalue weighted by Crippen LogP contribution is -1.92. The molecule has 14 heavy (non-hydrogen) atoms. The fraction of sp³-hybridized carbons (Fsp3) is 0.0833. The number of fused-ring (bicyclic) bond motifs is 1.